The molecule has 0 spiro atoms. The second kappa shape index (κ2) is 7.79. The topological polar surface area (TPSA) is 45.6 Å². The molecule has 7 heteroatoms. The number of hydrogen-bond donors (Lipinski definition) is 0. The fourth-order valence-corrected chi connectivity index (χ4v) is 3.99. The van der Waals surface area contributed by atoms with Crippen LogP contribution in [0.2, 0.25) is 0 Å². The number of amides is 1. The molecule has 1 aliphatic heterocycles. The van der Waals surface area contributed by atoms with Gasteiger partial charge in [-0.3, -0.25) is 9.69 Å². The molecule has 4 nitrogen and oxygen atoms in total. The highest BCUT2D eigenvalue weighted by atomic mass is 35.5. The van der Waals surface area contributed by atoms with E-state index in [4.69, 9.17) is 11.6 Å². The third-order valence-electron chi connectivity index (χ3n) is 3.19. The Bertz CT molecular complexity index is 814. The molecule has 1 amide bonds. The van der Waals surface area contributed by atoms with Crippen LogP contribution in [-0.4, -0.2) is 27.5 Å². The van der Waals surface area contributed by atoms with Crippen molar-refractivity contribution < 1.29 is 4.79 Å². The fraction of sp³-hybridized carbons (Fsp3) is 0.118. The van der Waals surface area contributed by atoms with Gasteiger partial charge in [0.05, 0.1) is 4.91 Å². The lowest BCUT2D eigenvalue weighted by molar-refractivity contribution is -0.122. The van der Waals surface area contributed by atoms with Gasteiger partial charge in [0.1, 0.15) is 0 Å². The molecule has 0 bridgehead atoms. The SMILES string of the molecule is CCN1C(=O)/C(=C/C(Cl)=C/c2ccccc2)S/C1=N/c1nccs1. The lowest BCUT2D eigenvalue weighted by atomic mass is 10.2. The van der Waals surface area contributed by atoms with E-state index in [0.29, 0.717) is 26.8 Å². The van der Waals surface area contributed by atoms with E-state index in [2.05, 4.69) is 9.98 Å². The number of rotatable bonds is 4. The number of thiazole rings is 1. The van der Waals surface area contributed by atoms with Crippen LogP contribution in [0.1, 0.15) is 12.5 Å². The molecule has 1 fully saturated rings. The van der Waals surface area contributed by atoms with Gasteiger partial charge < -0.3 is 0 Å². The van der Waals surface area contributed by atoms with E-state index >= 15 is 0 Å². The largest absolute Gasteiger partial charge is 0.287 e. The van der Waals surface area contributed by atoms with Gasteiger partial charge >= 0.3 is 0 Å². The Morgan fingerprint density at radius 1 is 1.38 bits per heavy atom. The van der Waals surface area contributed by atoms with Gasteiger partial charge in [0.2, 0.25) is 5.13 Å². The van der Waals surface area contributed by atoms with Crippen molar-refractivity contribution in [3.63, 3.8) is 0 Å². The first-order chi connectivity index (χ1) is 11.7. The Hall–Kier alpha value is -1.89. The molecule has 0 saturated carbocycles. The van der Waals surface area contributed by atoms with E-state index in [1.54, 1.807) is 17.2 Å². The molecule has 1 aromatic heterocycles. The Labute approximate surface area is 153 Å². The maximum absolute atomic E-state index is 12.5. The van der Waals surface area contributed by atoms with Crippen LogP contribution in [0.5, 0.6) is 0 Å². The molecule has 1 saturated heterocycles. The summed E-state index contributed by atoms with van der Waals surface area (Å²) < 4.78 is 0. The monoisotopic (exact) mass is 375 g/mol. The summed E-state index contributed by atoms with van der Waals surface area (Å²) in [6, 6.07) is 9.74. The van der Waals surface area contributed by atoms with Crippen molar-refractivity contribution in [2.24, 2.45) is 4.99 Å². The van der Waals surface area contributed by atoms with E-state index in [-0.39, 0.29) is 5.91 Å². The summed E-state index contributed by atoms with van der Waals surface area (Å²) in [6.07, 6.45) is 5.21. The minimum atomic E-state index is -0.0857. The van der Waals surface area contributed by atoms with Gasteiger partial charge in [0, 0.05) is 23.2 Å². The standard InChI is InChI=1S/C17H14ClN3OS2/c1-2-21-15(22)14(24-17(21)20-16-19-8-9-23-16)11-13(18)10-12-6-4-3-5-7-12/h3-11H,2H2,1H3/b13-10-,14-11-,20-17+. The van der Waals surface area contributed by atoms with Crippen LogP contribution < -0.4 is 0 Å². The fourth-order valence-electron chi connectivity index (χ4n) is 2.10. The quantitative estimate of drug-likeness (QED) is 0.714. The van der Waals surface area contributed by atoms with Gasteiger partial charge in [-0.1, -0.05) is 41.9 Å². The number of aromatic nitrogens is 1. The maximum atomic E-state index is 12.5. The number of likely N-dealkylation sites (N-methyl/N-ethyl adjacent to an activating group) is 1. The number of allylic oxidation sites excluding steroid dienone is 2. The predicted octanol–water partition coefficient (Wildman–Crippen LogP) is 4.89. The molecule has 24 heavy (non-hydrogen) atoms. The first-order valence-corrected chi connectivity index (χ1v) is 9.36. The van der Waals surface area contributed by atoms with E-state index in [0.717, 1.165) is 5.56 Å². The van der Waals surface area contributed by atoms with Gasteiger partial charge in [-0.25, -0.2) is 4.98 Å². The van der Waals surface area contributed by atoms with Crippen LogP contribution in [0.25, 0.3) is 6.08 Å². The van der Waals surface area contributed by atoms with E-state index in [1.807, 2.05) is 48.7 Å². The van der Waals surface area contributed by atoms with Crippen LogP contribution in [0.4, 0.5) is 5.13 Å². The second-order valence-electron chi connectivity index (χ2n) is 4.81. The zero-order valence-electron chi connectivity index (χ0n) is 12.8. The number of halogens is 1. The number of hydrogen-bond acceptors (Lipinski definition) is 5. The average molecular weight is 376 g/mol. The van der Waals surface area contributed by atoms with E-state index < -0.39 is 0 Å². The number of nitrogens with zero attached hydrogens (tertiary/aromatic N) is 3. The molecule has 0 atom stereocenters. The zero-order chi connectivity index (χ0) is 16.9. The Balaban J connectivity index is 1.86. The minimum absolute atomic E-state index is 0.0857. The Kier molecular flexibility index (Phi) is 5.50. The van der Waals surface area contributed by atoms with E-state index in [9.17, 15) is 4.79 Å². The molecule has 3 rings (SSSR count). The summed E-state index contributed by atoms with van der Waals surface area (Å²) in [4.78, 5) is 23.3. The first kappa shape index (κ1) is 17.0. The normalized spacial score (nSPS) is 18.8. The highest BCUT2D eigenvalue weighted by Gasteiger charge is 2.32. The highest BCUT2D eigenvalue weighted by Crippen LogP contribution is 2.34. The second-order valence-corrected chi connectivity index (χ2v) is 7.13. The summed E-state index contributed by atoms with van der Waals surface area (Å²) in [6.45, 7) is 2.47. The Morgan fingerprint density at radius 2 is 2.17 bits per heavy atom. The number of carbonyl (C=O) groups is 1. The van der Waals surface area contributed by atoms with Crippen molar-refractivity contribution in [2.75, 3.05) is 6.54 Å². The summed E-state index contributed by atoms with van der Waals surface area (Å²) in [5.41, 5.74) is 0.985. The van der Waals surface area contributed by atoms with Gasteiger partial charge in [-0.15, -0.1) is 11.3 Å². The van der Waals surface area contributed by atoms with Crippen molar-refractivity contribution in [3.05, 3.63) is 63.5 Å². The first-order valence-electron chi connectivity index (χ1n) is 7.29. The molecule has 0 unspecified atom stereocenters. The number of carbonyl (C=O) groups excluding carboxylic acids is 1. The van der Waals surface area contributed by atoms with Crippen LogP contribution in [0, 0.1) is 0 Å². The number of thioether (sulfide) groups is 1. The van der Waals surface area contributed by atoms with Gasteiger partial charge in [0.25, 0.3) is 5.91 Å². The summed E-state index contributed by atoms with van der Waals surface area (Å²) in [7, 11) is 0. The molecule has 2 aromatic rings. The van der Waals surface area contributed by atoms with Gasteiger partial charge in [-0.2, -0.15) is 4.99 Å². The molecule has 122 valence electrons. The zero-order valence-corrected chi connectivity index (χ0v) is 15.2. The lowest BCUT2D eigenvalue weighted by Gasteiger charge is -2.11. The smallest absolute Gasteiger partial charge is 0.266 e. The molecule has 0 aliphatic carbocycles. The lowest BCUT2D eigenvalue weighted by Crippen LogP contribution is -2.28. The maximum Gasteiger partial charge on any atom is 0.266 e. The molecule has 2 heterocycles. The average Bonchev–Trinajstić information content (AvgIpc) is 3.17. The third kappa shape index (κ3) is 3.95. The molecule has 1 aliphatic rings. The highest BCUT2D eigenvalue weighted by molar-refractivity contribution is 8.18. The summed E-state index contributed by atoms with van der Waals surface area (Å²) >= 11 is 9.04. The van der Waals surface area contributed by atoms with Crippen LogP contribution in [0.3, 0.4) is 0 Å². The van der Waals surface area contributed by atoms with Crippen molar-refractivity contribution >= 4 is 57.0 Å². The van der Waals surface area contributed by atoms with Crippen LogP contribution in [-0.2, 0) is 4.79 Å². The molecule has 0 N–H and O–H groups in total. The van der Waals surface area contributed by atoms with Crippen molar-refractivity contribution in [3.8, 4) is 0 Å². The van der Waals surface area contributed by atoms with E-state index in [1.165, 1.54) is 23.1 Å². The number of aliphatic imine (C=N–C) groups is 1. The minimum Gasteiger partial charge on any atom is -0.287 e. The predicted molar refractivity (Wildman–Crippen MR) is 103 cm³/mol. The van der Waals surface area contributed by atoms with Crippen LogP contribution in [0.15, 0.2) is 62.9 Å². The molecular weight excluding hydrogens is 362 g/mol. The third-order valence-corrected chi connectivity index (χ3v) is 5.08. The van der Waals surface area contributed by atoms with Crippen molar-refractivity contribution in [1.29, 1.82) is 0 Å². The molecular formula is C17H14ClN3OS2. The molecule has 0 radical (unpaired) electrons. The van der Waals surface area contributed by atoms with Gasteiger partial charge in [0.15, 0.2) is 5.17 Å². The molecule has 1 aromatic carbocycles. The van der Waals surface area contributed by atoms with Crippen molar-refractivity contribution in [1.82, 2.24) is 9.88 Å². The van der Waals surface area contributed by atoms with Crippen molar-refractivity contribution in [2.45, 2.75) is 6.92 Å². The van der Waals surface area contributed by atoms with Gasteiger partial charge in [-0.05, 0) is 36.4 Å². The summed E-state index contributed by atoms with van der Waals surface area (Å²) in [5, 5.41) is 3.63. The summed E-state index contributed by atoms with van der Waals surface area (Å²) in [5.74, 6) is -0.0857. The number of amidine groups is 1. The van der Waals surface area contributed by atoms with Crippen LogP contribution >= 0.6 is 34.7 Å². The number of benzene rings is 1. The Morgan fingerprint density at radius 3 is 2.83 bits per heavy atom.